The van der Waals surface area contributed by atoms with E-state index >= 15 is 0 Å². The first-order chi connectivity index (χ1) is 11.7. The van der Waals surface area contributed by atoms with Crippen molar-refractivity contribution in [3.05, 3.63) is 42.7 Å². The van der Waals surface area contributed by atoms with Crippen molar-refractivity contribution in [2.45, 2.75) is 25.0 Å². The number of amides is 1. The van der Waals surface area contributed by atoms with Gasteiger partial charge >= 0.3 is 0 Å². The summed E-state index contributed by atoms with van der Waals surface area (Å²) in [6.45, 7) is 1.42. The fraction of sp³-hybridized carbons (Fsp3) is 0.471. The van der Waals surface area contributed by atoms with Crippen LogP contribution in [-0.2, 0) is 0 Å². The molecule has 3 heterocycles. The number of aliphatic hydroxyl groups excluding tert-OH is 1. The van der Waals surface area contributed by atoms with Crippen molar-refractivity contribution >= 4 is 11.7 Å². The Bertz CT molecular complexity index is 691. The molecule has 0 spiro atoms. The maximum atomic E-state index is 12.5. The van der Waals surface area contributed by atoms with E-state index in [4.69, 9.17) is 4.42 Å². The van der Waals surface area contributed by atoms with Crippen molar-refractivity contribution < 1.29 is 14.3 Å². The van der Waals surface area contributed by atoms with Gasteiger partial charge in [-0.05, 0) is 30.7 Å². The fourth-order valence-electron chi connectivity index (χ4n) is 3.88. The van der Waals surface area contributed by atoms with Gasteiger partial charge in [-0.25, -0.2) is 4.98 Å². The molecule has 1 saturated carbocycles. The number of nitrogens with one attached hydrogen (secondary N) is 1. The Morgan fingerprint density at radius 1 is 1.29 bits per heavy atom. The standard InChI is InChI=1S/C17H20N4O3/c22-15-6-13-9-21(17(23)11-1-4-24-10-11)8-12(13)5-14(15)20-16-7-18-2-3-19-16/h1-4,7,10,12-15,22H,5-6,8-9H2,(H,19,20)/t12-,13+,14-,15-/m1/s1. The summed E-state index contributed by atoms with van der Waals surface area (Å²) in [5, 5.41) is 13.7. The maximum absolute atomic E-state index is 12.5. The molecule has 0 unspecified atom stereocenters. The lowest BCUT2D eigenvalue weighted by molar-refractivity contribution is 0.0727. The van der Waals surface area contributed by atoms with E-state index in [2.05, 4.69) is 15.3 Å². The first-order valence-corrected chi connectivity index (χ1v) is 8.23. The van der Waals surface area contributed by atoms with Crippen molar-refractivity contribution in [1.29, 1.82) is 0 Å². The molecule has 0 radical (unpaired) electrons. The van der Waals surface area contributed by atoms with Gasteiger partial charge in [0.2, 0.25) is 0 Å². The van der Waals surface area contributed by atoms with E-state index in [0.29, 0.717) is 36.2 Å². The molecule has 24 heavy (non-hydrogen) atoms. The predicted octanol–water partition coefficient (Wildman–Crippen LogP) is 1.39. The molecule has 7 heteroatoms. The van der Waals surface area contributed by atoms with Gasteiger partial charge in [0, 0.05) is 25.5 Å². The smallest absolute Gasteiger partial charge is 0.257 e. The summed E-state index contributed by atoms with van der Waals surface area (Å²) in [7, 11) is 0. The van der Waals surface area contributed by atoms with Crippen molar-refractivity contribution in [2.24, 2.45) is 11.8 Å². The number of hydrogen-bond donors (Lipinski definition) is 2. The number of aliphatic hydroxyl groups is 1. The maximum Gasteiger partial charge on any atom is 0.257 e. The van der Waals surface area contributed by atoms with E-state index in [1.807, 2.05) is 4.90 Å². The van der Waals surface area contributed by atoms with Crippen LogP contribution in [0.25, 0.3) is 0 Å². The van der Waals surface area contributed by atoms with Crippen molar-refractivity contribution in [3.63, 3.8) is 0 Å². The number of furan rings is 1. The van der Waals surface area contributed by atoms with Crippen LogP contribution in [0.5, 0.6) is 0 Å². The van der Waals surface area contributed by atoms with Crippen molar-refractivity contribution in [2.75, 3.05) is 18.4 Å². The molecule has 1 aliphatic carbocycles. The first-order valence-electron chi connectivity index (χ1n) is 8.23. The van der Waals surface area contributed by atoms with Gasteiger partial charge in [0.15, 0.2) is 0 Å². The second kappa shape index (κ2) is 6.24. The van der Waals surface area contributed by atoms with Crippen LogP contribution >= 0.6 is 0 Å². The molecular weight excluding hydrogens is 308 g/mol. The summed E-state index contributed by atoms with van der Waals surface area (Å²) in [5.74, 6) is 1.41. The molecule has 2 N–H and O–H groups in total. The number of hydrogen-bond acceptors (Lipinski definition) is 6. The third kappa shape index (κ3) is 2.87. The number of anilines is 1. The number of fused-ring (bicyclic) bond motifs is 1. The molecule has 126 valence electrons. The van der Waals surface area contributed by atoms with Gasteiger partial charge in [0.1, 0.15) is 12.1 Å². The van der Waals surface area contributed by atoms with Gasteiger partial charge in [-0.3, -0.25) is 9.78 Å². The molecule has 1 saturated heterocycles. The summed E-state index contributed by atoms with van der Waals surface area (Å²) in [6, 6.07) is 1.63. The van der Waals surface area contributed by atoms with E-state index in [9.17, 15) is 9.90 Å². The van der Waals surface area contributed by atoms with Crippen LogP contribution in [0.1, 0.15) is 23.2 Å². The zero-order valence-electron chi connectivity index (χ0n) is 13.2. The highest BCUT2D eigenvalue weighted by Gasteiger charge is 2.43. The van der Waals surface area contributed by atoms with Gasteiger partial charge in [0.05, 0.1) is 30.2 Å². The first kappa shape index (κ1) is 15.1. The summed E-state index contributed by atoms with van der Waals surface area (Å²) >= 11 is 0. The zero-order valence-corrected chi connectivity index (χ0v) is 13.2. The van der Waals surface area contributed by atoms with E-state index in [0.717, 1.165) is 13.0 Å². The van der Waals surface area contributed by atoms with E-state index in [-0.39, 0.29) is 11.9 Å². The molecule has 2 aromatic rings. The number of aromatic nitrogens is 2. The van der Waals surface area contributed by atoms with Crippen LogP contribution in [-0.4, -0.2) is 51.1 Å². The minimum Gasteiger partial charge on any atom is -0.472 e. The lowest BCUT2D eigenvalue weighted by Gasteiger charge is -2.35. The van der Waals surface area contributed by atoms with Crippen molar-refractivity contribution in [3.8, 4) is 0 Å². The SMILES string of the molecule is O=C(c1ccoc1)N1C[C@H]2C[C@@H](Nc3cnccn3)[C@H](O)C[C@H]2C1. The minimum absolute atomic E-state index is 0.00563. The predicted molar refractivity (Wildman–Crippen MR) is 86.3 cm³/mol. The number of rotatable bonds is 3. The highest BCUT2D eigenvalue weighted by atomic mass is 16.3. The number of carbonyl (C=O) groups is 1. The molecule has 1 amide bonds. The Labute approximate surface area is 139 Å². The van der Waals surface area contributed by atoms with Gasteiger partial charge in [-0.1, -0.05) is 0 Å². The molecule has 1 aliphatic heterocycles. The third-order valence-corrected chi connectivity index (χ3v) is 5.09. The molecule has 4 atom stereocenters. The second-order valence-corrected chi connectivity index (χ2v) is 6.62. The average Bonchev–Trinajstić information content (AvgIpc) is 3.25. The van der Waals surface area contributed by atoms with Crippen LogP contribution in [0.3, 0.4) is 0 Å². The topological polar surface area (TPSA) is 91.5 Å². The van der Waals surface area contributed by atoms with Gasteiger partial charge in [-0.15, -0.1) is 0 Å². The Morgan fingerprint density at radius 2 is 2.12 bits per heavy atom. The Kier molecular flexibility index (Phi) is 3.93. The highest BCUT2D eigenvalue weighted by Crippen LogP contribution is 2.37. The van der Waals surface area contributed by atoms with Gasteiger partial charge in [-0.2, -0.15) is 0 Å². The number of likely N-dealkylation sites (tertiary alicyclic amines) is 1. The summed E-state index contributed by atoms with van der Waals surface area (Å²) < 4.78 is 5.00. The fourth-order valence-corrected chi connectivity index (χ4v) is 3.88. The van der Waals surface area contributed by atoms with Gasteiger partial charge < -0.3 is 19.7 Å². The highest BCUT2D eigenvalue weighted by molar-refractivity contribution is 5.94. The summed E-state index contributed by atoms with van der Waals surface area (Å²) in [4.78, 5) is 22.6. The minimum atomic E-state index is -0.447. The Hall–Kier alpha value is -2.41. The lowest BCUT2D eigenvalue weighted by Crippen LogP contribution is -2.43. The number of carbonyl (C=O) groups excluding carboxylic acids is 1. The van der Waals surface area contributed by atoms with Crippen LogP contribution in [0, 0.1) is 11.8 Å². The van der Waals surface area contributed by atoms with Crippen LogP contribution < -0.4 is 5.32 Å². The molecule has 2 fully saturated rings. The van der Waals surface area contributed by atoms with Crippen molar-refractivity contribution in [1.82, 2.24) is 14.9 Å². The molecule has 4 rings (SSSR count). The molecule has 7 nitrogen and oxygen atoms in total. The van der Waals surface area contributed by atoms with E-state index in [1.54, 1.807) is 24.7 Å². The average molecular weight is 328 g/mol. The quantitative estimate of drug-likeness (QED) is 0.885. The third-order valence-electron chi connectivity index (χ3n) is 5.09. The Balaban J connectivity index is 1.42. The summed E-state index contributed by atoms with van der Waals surface area (Å²) in [6.07, 6.45) is 8.96. The monoisotopic (exact) mass is 328 g/mol. The number of nitrogens with zero attached hydrogens (tertiary/aromatic N) is 3. The second-order valence-electron chi connectivity index (χ2n) is 6.62. The molecule has 2 aromatic heterocycles. The van der Waals surface area contributed by atoms with Crippen LogP contribution in [0.2, 0.25) is 0 Å². The van der Waals surface area contributed by atoms with Crippen LogP contribution in [0.15, 0.2) is 41.6 Å². The zero-order chi connectivity index (χ0) is 16.5. The molecule has 0 aromatic carbocycles. The van der Waals surface area contributed by atoms with Gasteiger partial charge in [0.25, 0.3) is 5.91 Å². The van der Waals surface area contributed by atoms with Crippen LogP contribution in [0.4, 0.5) is 5.82 Å². The lowest BCUT2D eigenvalue weighted by atomic mass is 9.77. The molecule has 0 bridgehead atoms. The molecular formula is C17H20N4O3. The van der Waals surface area contributed by atoms with E-state index in [1.165, 1.54) is 12.5 Å². The summed E-state index contributed by atoms with van der Waals surface area (Å²) in [5.41, 5.74) is 0.587. The van der Waals surface area contributed by atoms with E-state index < -0.39 is 6.10 Å². The normalized spacial score (nSPS) is 29.3. The largest absolute Gasteiger partial charge is 0.472 e. The molecule has 2 aliphatic rings. The Morgan fingerprint density at radius 3 is 2.83 bits per heavy atom.